The zero-order chi connectivity index (χ0) is 5.86. The Morgan fingerprint density at radius 1 is 1.86 bits per heavy atom. The SMILES string of the molecule is COC(=O)N(C)N. The maximum absolute atomic E-state index is 10.1. The first-order chi connectivity index (χ1) is 3.18. The highest BCUT2D eigenvalue weighted by molar-refractivity contribution is 5.65. The number of nitrogens with two attached hydrogens (primary N) is 1. The number of hydrogen-bond acceptors (Lipinski definition) is 3. The van der Waals surface area contributed by atoms with Crippen molar-refractivity contribution < 1.29 is 9.53 Å². The van der Waals surface area contributed by atoms with Gasteiger partial charge >= 0.3 is 6.09 Å². The molecule has 0 aromatic carbocycles. The van der Waals surface area contributed by atoms with Crippen molar-refractivity contribution >= 4 is 6.09 Å². The summed E-state index contributed by atoms with van der Waals surface area (Å²) in [5.41, 5.74) is 0. The van der Waals surface area contributed by atoms with Gasteiger partial charge in [-0.1, -0.05) is 0 Å². The second-order valence-electron chi connectivity index (χ2n) is 1.08. The standard InChI is InChI=1S/C3H8N2O2/c1-5(4)3(6)7-2/h4H2,1-2H3. The molecule has 7 heavy (non-hydrogen) atoms. The van der Waals surface area contributed by atoms with Crippen LogP contribution in [0, 0.1) is 0 Å². The summed E-state index contributed by atoms with van der Waals surface area (Å²) < 4.78 is 4.17. The monoisotopic (exact) mass is 104 g/mol. The molecule has 0 fully saturated rings. The zero-order valence-corrected chi connectivity index (χ0v) is 4.34. The Kier molecular flexibility index (Phi) is 2.15. The van der Waals surface area contributed by atoms with Gasteiger partial charge in [-0.3, -0.25) is 0 Å². The number of nitrogens with zero attached hydrogens (tertiary/aromatic N) is 1. The second-order valence-corrected chi connectivity index (χ2v) is 1.08. The van der Waals surface area contributed by atoms with Crippen LogP contribution in [0.2, 0.25) is 0 Å². The highest BCUT2D eigenvalue weighted by Gasteiger charge is 1.98. The zero-order valence-electron chi connectivity index (χ0n) is 4.34. The van der Waals surface area contributed by atoms with Gasteiger partial charge in [-0.05, 0) is 0 Å². The van der Waals surface area contributed by atoms with Gasteiger partial charge in [0.05, 0.1) is 7.11 Å². The number of rotatable bonds is 0. The number of carbonyl (C=O) groups is 1. The third-order valence-corrected chi connectivity index (χ3v) is 0.463. The summed E-state index contributed by atoms with van der Waals surface area (Å²) in [5, 5.41) is 0.861. The van der Waals surface area contributed by atoms with Crippen molar-refractivity contribution in [1.29, 1.82) is 0 Å². The van der Waals surface area contributed by atoms with E-state index in [1.165, 1.54) is 14.2 Å². The predicted octanol–water partition coefficient (Wildman–Crippen LogP) is -0.442. The number of methoxy groups -OCH3 is 1. The van der Waals surface area contributed by atoms with Gasteiger partial charge < -0.3 is 4.74 Å². The molecule has 0 rings (SSSR count). The van der Waals surface area contributed by atoms with Crippen molar-refractivity contribution in [1.82, 2.24) is 5.01 Å². The largest absolute Gasteiger partial charge is 0.452 e. The van der Waals surface area contributed by atoms with Gasteiger partial charge in [-0.15, -0.1) is 0 Å². The molecule has 0 aliphatic rings. The van der Waals surface area contributed by atoms with Crippen molar-refractivity contribution in [3.8, 4) is 0 Å². The predicted molar refractivity (Wildman–Crippen MR) is 24.4 cm³/mol. The molecule has 0 aliphatic heterocycles. The van der Waals surface area contributed by atoms with Crippen molar-refractivity contribution in [2.24, 2.45) is 5.84 Å². The van der Waals surface area contributed by atoms with Crippen LogP contribution < -0.4 is 5.84 Å². The average molecular weight is 104 g/mol. The minimum atomic E-state index is -0.542. The summed E-state index contributed by atoms with van der Waals surface area (Å²) in [7, 11) is 2.68. The molecule has 0 heterocycles. The lowest BCUT2D eigenvalue weighted by molar-refractivity contribution is 0.134. The molecule has 0 aromatic heterocycles. The maximum atomic E-state index is 10.1. The molecule has 1 amide bonds. The lowest BCUT2D eigenvalue weighted by Crippen LogP contribution is -2.32. The average Bonchev–Trinajstić information content (AvgIpc) is 1.65. The topological polar surface area (TPSA) is 55.6 Å². The molecule has 0 saturated heterocycles. The van der Waals surface area contributed by atoms with Gasteiger partial charge in [0.1, 0.15) is 0 Å². The molecule has 4 nitrogen and oxygen atoms in total. The summed E-state index contributed by atoms with van der Waals surface area (Å²) in [6, 6.07) is 0. The van der Waals surface area contributed by atoms with Crippen molar-refractivity contribution in [3.63, 3.8) is 0 Å². The van der Waals surface area contributed by atoms with E-state index in [0.717, 1.165) is 5.01 Å². The van der Waals surface area contributed by atoms with Crippen molar-refractivity contribution in [2.75, 3.05) is 14.2 Å². The maximum Gasteiger partial charge on any atom is 0.423 e. The van der Waals surface area contributed by atoms with Gasteiger partial charge in [0.2, 0.25) is 0 Å². The first-order valence-electron chi connectivity index (χ1n) is 1.75. The highest BCUT2D eigenvalue weighted by atomic mass is 16.5. The molecule has 2 N–H and O–H groups in total. The van der Waals surface area contributed by atoms with Gasteiger partial charge in [0.15, 0.2) is 0 Å². The Balaban J connectivity index is 3.35. The number of ether oxygens (including phenoxy) is 1. The van der Waals surface area contributed by atoms with Crippen LogP contribution >= 0.6 is 0 Å². The fraction of sp³-hybridized carbons (Fsp3) is 0.667. The van der Waals surface area contributed by atoms with Crippen LogP contribution in [0.25, 0.3) is 0 Å². The Labute approximate surface area is 41.8 Å². The molecule has 0 aliphatic carbocycles. The minimum absolute atomic E-state index is 0.542. The van der Waals surface area contributed by atoms with E-state index in [0.29, 0.717) is 0 Å². The molecule has 0 bridgehead atoms. The van der Waals surface area contributed by atoms with E-state index in [4.69, 9.17) is 5.84 Å². The molecule has 0 atom stereocenters. The molecule has 0 saturated carbocycles. The molecule has 42 valence electrons. The molecule has 0 unspecified atom stereocenters. The fourth-order valence-corrected chi connectivity index (χ4v) is 0.144. The molecule has 0 radical (unpaired) electrons. The Bertz CT molecular complexity index is 71.3. The fourth-order valence-electron chi connectivity index (χ4n) is 0.144. The van der Waals surface area contributed by atoms with Gasteiger partial charge in [-0.2, -0.15) is 0 Å². The summed E-state index contributed by atoms with van der Waals surface area (Å²) >= 11 is 0. The highest BCUT2D eigenvalue weighted by Crippen LogP contribution is 1.74. The first kappa shape index (κ1) is 6.23. The quantitative estimate of drug-likeness (QED) is 0.257. The lowest BCUT2D eigenvalue weighted by Gasteiger charge is -2.05. The molecule has 0 spiro atoms. The summed E-state index contributed by atoms with van der Waals surface area (Å²) in [6.07, 6.45) is -0.542. The minimum Gasteiger partial charge on any atom is -0.452 e. The van der Waals surface area contributed by atoms with Gasteiger partial charge in [-0.25, -0.2) is 15.6 Å². The smallest absolute Gasteiger partial charge is 0.423 e. The van der Waals surface area contributed by atoms with Crippen molar-refractivity contribution in [3.05, 3.63) is 0 Å². The van der Waals surface area contributed by atoms with Crippen molar-refractivity contribution in [2.45, 2.75) is 0 Å². The van der Waals surface area contributed by atoms with E-state index in [1.54, 1.807) is 0 Å². The van der Waals surface area contributed by atoms with E-state index in [-0.39, 0.29) is 0 Å². The molecular weight excluding hydrogens is 96.0 g/mol. The first-order valence-corrected chi connectivity index (χ1v) is 1.75. The number of hydrogen-bond donors (Lipinski definition) is 1. The summed E-state index contributed by atoms with van der Waals surface area (Å²) in [4.78, 5) is 10.1. The van der Waals surface area contributed by atoms with Crippen LogP contribution in [-0.4, -0.2) is 25.3 Å². The van der Waals surface area contributed by atoms with E-state index in [9.17, 15) is 4.79 Å². The van der Waals surface area contributed by atoms with E-state index < -0.39 is 6.09 Å². The van der Waals surface area contributed by atoms with Crippen LogP contribution in [0.1, 0.15) is 0 Å². The van der Waals surface area contributed by atoms with E-state index in [2.05, 4.69) is 4.74 Å². The third kappa shape index (κ3) is 1.99. The van der Waals surface area contributed by atoms with Crippen LogP contribution in [0.3, 0.4) is 0 Å². The van der Waals surface area contributed by atoms with Crippen LogP contribution in [0.4, 0.5) is 4.79 Å². The molecule has 4 heteroatoms. The van der Waals surface area contributed by atoms with E-state index in [1.807, 2.05) is 0 Å². The number of hydrazine groups is 1. The Morgan fingerprint density at radius 3 is 2.29 bits per heavy atom. The Morgan fingerprint density at radius 2 is 2.29 bits per heavy atom. The Hall–Kier alpha value is -0.770. The normalized spacial score (nSPS) is 7.86. The molecule has 0 aromatic rings. The molecular formula is C3H8N2O2. The summed E-state index contributed by atoms with van der Waals surface area (Å²) in [6.45, 7) is 0. The van der Waals surface area contributed by atoms with Crippen LogP contribution in [0.5, 0.6) is 0 Å². The van der Waals surface area contributed by atoms with Crippen LogP contribution in [0.15, 0.2) is 0 Å². The number of carbonyl (C=O) groups excluding carboxylic acids is 1. The second kappa shape index (κ2) is 2.41. The van der Waals surface area contributed by atoms with Gasteiger partial charge in [0.25, 0.3) is 0 Å². The van der Waals surface area contributed by atoms with Crippen LogP contribution in [-0.2, 0) is 4.74 Å². The summed E-state index contributed by atoms with van der Waals surface area (Å²) in [5.74, 6) is 4.91. The van der Waals surface area contributed by atoms with Gasteiger partial charge in [0, 0.05) is 7.05 Å². The van der Waals surface area contributed by atoms with E-state index >= 15 is 0 Å². The number of amides is 1. The lowest BCUT2D eigenvalue weighted by atomic mass is 11.0. The third-order valence-electron chi connectivity index (χ3n) is 0.463.